The third kappa shape index (κ3) is 4.99. The summed E-state index contributed by atoms with van der Waals surface area (Å²) in [5.74, 6) is -0.703. The number of nitrogens with zero attached hydrogens (tertiary/aromatic N) is 1. The van der Waals surface area contributed by atoms with Gasteiger partial charge in [-0.05, 0) is 53.4 Å². The number of alkyl halides is 3. The molecule has 9 heteroatoms. The van der Waals surface area contributed by atoms with Crippen molar-refractivity contribution in [2.24, 2.45) is 0 Å². The molecule has 1 aliphatic rings. The number of rotatable bonds is 4. The average Bonchev–Trinajstić information content (AvgIpc) is 3.19. The van der Waals surface area contributed by atoms with E-state index >= 15 is 0 Å². The zero-order valence-corrected chi connectivity index (χ0v) is 16.9. The highest BCUT2D eigenvalue weighted by atomic mass is 32.2. The quantitative estimate of drug-likeness (QED) is 0.458. The van der Waals surface area contributed by atoms with Gasteiger partial charge in [-0.25, -0.2) is 4.39 Å². The molecule has 3 aromatic rings. The second-order valence-electron chi connectivity index (χ2n) is 7.01. The molecule has 0 saturated heterocycles. The maximum absolute atomic E-state index is 14.0. The van der Waals surface area contributed by atoms with Gasteiger partial charge in [-0.15, -0.1) is 0 Å². The number of halogens is 4. The molecule has 0 atom stereocenters. The van der Waals surface area contributed by atoms with Gasteiger partial charge in [0.1, 0.15) is 5.82 Å². The highest BCUT2D eigenvalue weighted by Gasteiger charge is 2.35. The van der Waals surface area contributed by atoms with E-state index in [1.807, 2.05) is 0 Å². The number of hydrogen-bond donors (Lipinski definition) is 2. The fraction of sp³-hybridized carbons (Fsp3) is 0.182. The number of anilines is 2. The molecular formula is C22H17F4N3OS. The van der Waals surface area contributed by atoms with E-state index in [9.17, 15) is 22.4 Å². The molecule has 160 valence electrons. The molecule has 4 nitrogen and oxygen atoms in total. The normalized spacial score (nSPS) is 12.9. The lowest BCUT2D eigenvalue weighted by molar-refractivity contribution is -0.138. The first-order chi connectivity index (χ1) is 14.8. The highest BCUT2D eigenvalue weighted by Crippen LogP contribution is 2.38. The molecule has 0 fully saturated rings. The van der Waals surface area contributed by atoms with E-state index in [2.05, 4.69) is 15.6 Å². The summed E-state index contributed by atoms with van der Waals surface area (Å²) in [5.41, 5.74) is 1.98. The highest BCUT2D eigenvalue weighted by molar-refractivity contribution is 8.13. The van der Waals surface area contributed by atoms with Gasteiger partial charge in [0.05, 0.1) is 5.56 Å². The first-order valence-electron chi connectivity index (χ1n) is 9.41. The van der Waals surface area contributed by atoms with Crippen molar-refractivity contribution in [1.82, 2.24) is 4.98 Å². The van der Waals surface area contributed by atoms with Crippen LogP contribution in [0.3, 0.4) is 0 Å². The van der Waals surface area contributed by atoms with Crippen LogP contribution in [0, 0.1) is 5.82 Å². The van der Waals surface area contributed by atoms with E-state index in [0.29, 0.717) is 41.5 Å². The summed E-state index contributed by atoms with van der Waals surface area (Å²) >= 11 is 0.702. The van der Waals surface area contributed by atoms with Gasteiger partial charge in [-0.2, -0.15) is 13.2 Å². The number of carbonyl (C=O) groups is 1. The number of amides is 1. The summed E-state index contributed by atoms with van der Waals surface area (Å²) in [4.78, 5) is 16.3. The van der Waals surface area contributed by atoms with Gasteiger partial charge in [0.25, 0.3) is 5.24 Å². The molecule has 2 N–H and O–H groups in total. The molecule has 1 amide bonds. The second kappa shape index (κ2) is 8.58. The topological polar surface area (TPSA) is 54.0 Å². The van der Waals surface area contributed by atoms with Crippen molar-refractivity contribution in [3.8, 4) is 11.1 Å². The van der Waals surface area contributed by atoms with Gasteiger partial charge in [0.2, 0.25) is 0 Å². The minimum absolute atomic E-state index is 0.0467. The number of aromatic nitrogens is 1. The van der Waals surface area contributed by atoms with Crippen LogP contribution >= 0.6 is 11.8 Å². The largest absolute Gasteiger partial charge is 0.416 e. The Kier molecular flexibility index (Phi) is 5.86. The van der Waals surface area contributed by atoms with Crippen molar-refractivity contribution in [3.63, 3.8) is 0 Å². The predicted octanol–water partition coefficient (Wildman–Crippen LogP) is 6.34. The first-order valence-corrected chi connectivity index (χ1v) is 10.4. The average molecular weight is 447 g/mol. The Morgan fingerprint density at radius 3 is 2.74 bits per heavy atom. The molecule has 2 aromatic carbocycles. The predicted molar refractivity (Wildman–Crippen MR) is 114 cm³/mol. The molecular weight excluding hydrogens is 430 g/mol. The van der Waals surface area contributed by atoms with Gasteiger partial charge in [-0.3, -0.25) is 9.78 Å². The van der Waals surface area contributed by atoms with E-state index in [1.165, 1.54) is 12.1 Å². The first kappa shape index (κ1) is 21.2. The van der Waals surface area contributed by atoms with Crippen LogP contribution in [-0.2, 0) is 18.3 Å². The smallest absolute Gasteiger partial charge is 0.384 e. The summed E-state index contributed by atoms with van der Waals surface area (Å²) < 4.78 is 54.4. The third-order valence-electron chi connectivity index (χ3n) is 4.84. The fourth-order valence-corrected chi connectivity index (χ4v) is 4.16. The summed E-state index contributed by atoms with van der Waals surface area (Å²) in [6.07, 6.45) is -0.729. The number of hydrogen-bond acceptors (Lipinski definition) is 4. The SMILES string of the molecule is O=C(Nc1cc(F)cc(-c2cccnc2)c1)SCc1cc2c(cc1C(F)(F)F)NCC2. The van der Waals surface area contributed by atoms with Crippen LogP contribution in [0.1, 0.15) is 16.7 Å². The van der Waals surface area contributed by atoms with Crippen molar-refractivity contribution >= 4 is 28.4 Å². The van der Waals surface area contributed by atoms with Crippen LogP contribution in [0.2, 0.25) is 0 Å². The Hall–Kier alpha value is -3.07. The monoisotopic (exact) mass is 447 g/mol. The van der Waals surface area contributed by atoms with Crippen LogP contribution in [0.5, 0.6) is 0 Å². The molecule has 31 heavy (non-hydrogen) atoms. The minimum Gasteiger partial charge on any atom is -0.384 e. The number of thioether (sulfide) groups is 1. The van der Waals surface area contributed by atoms with Gasteiger partial charge >= 0.3 is 6.18 Å². The molecule has 2 heterocycles. The third-order valence-corrected chi connectivity index (χ3v) is 5.66. The molecule has 0 bridgehead atoms. The zero-order valence-electron chi connectivity index (χ0n) is 16.1. The van der Waals surface area contributed by atoms with E-state index in [0.717, 1.165) is 17.7 Å². The lowest BCUT2D eigenvalue weighted by atomic mass is 10.0. The van der Waals surface area contributed by atoms with Crippen molar-refractivity contribution in [1.29, 1.82) is 0 Å². The summed E-state index contributed by atoms with van der Waals surface area (Å²) in [5, 5.41) is 4.90. The molecule has 0 unspecified atom stereocenters. The zero-order chi connectivity index (χ0) is 22.0. The fourth-order valence-electron chi connectivity index (χ4n) is 3.44. The van der Waals surface area contributed by atoms with Crippen LogP contribution in [0.25, 0.3) is 11.1 Å². The molecule has 4 rings (SSSR count). The van der Waals surface area contributed by atoms with E-state index in [-0.39, 0.29) is 17.0 Å². The molecule has 0 spiro atoms. The van der Waals surface area contributed by atoms with Crippen molar-refractivity contribution in [3.05, 3.63) is 77.4 Å². The number of pyridine rings is 1. The summed E-state index contributed by atoms with van der Waals surface area (Å²) in [7, 11) is 0. The Morgan fingerprint density at radius 2 is 2.00 bits per heavy atom. The van der Waals surface area contributed by atoms with Crippen molar-refractivity contribution in [2.45, 2.75) is 18.3 Å². The lowest BCUT2D eigenvalue weighted by Gasteiger charge is -2.15. The number of carbonyl (C=O) groups excluding carboxylic acids is 1. The van der Waals surface area contributed by atoms with Gasteiger partial charge < -0.3 is 10.6 Å². The summed E-state index contributed by atoms with van der Waals surface area (Å²) in [6, 6.07) is 10.1. The van der Waals surface area contributed by atoms with E-state index in [4.69, 9.17) is 0 Å². The van der Waals surface area contributed by atoms with E-state index in [1.54, 1.807) is 30.6 Å². The van der Waals surface area contributed by atoms with Gasteiger partial charge in [0.15, 0.2) is 0 Å². The van der Waals surface area contributed by atoms with Gasteiger partial charge in [0, 0.05) is 41.6 Å². The molecule has 0 saturated carbocycles. The molecule has 1 aliphatic heterocycles. The van der Waals surface area contributed by atoms with Crippen LogP contribution < -0.4 is 10.6 Å². The number of benzene rings is 2. The van der Waals surface area contributed by atoms with Crippen molar-refractivity contribution < 1.29 is 22.4 Å². The Morgan fingerprint density at radius 1 is 1.16 bits per heavy atom. The Labute approximate surface area is 180 Å². The van der Waals surface area contributed by atoms with Crippen LogP contribution in [0.4, 0.5) is 33.7 Å². The number of fused-ring (bicyclic) bond motifs is 1. The summed E-state index contributed by atoms with van der Waals surface area (Å²) in [6.45, 7) is 0.586. The van der Waals surface area contributed by atoms with Crippen molar-refractivity contribution in [2.75, 3.05) is 17.2 Å². The molecule has 0 aliphatic carbocycles. The minimum atomic E-state index is -4.52. The lowest BCUT2D eigenvalue weighted by Crippen LogP contribution is -2.11. The standard InChI is InChI=1S/C22H17F4N3OS/c23-17-7-15(14-2-1-4-27-11-14)8-18(9-17)29-21(30)31-12-16-6-13-3-5-28-20(13)10-19(16)22(24,25)26/h1-2,4,6-11,28H,3,5,12H2,(H,29,30). The second-order valence-corrected chi connectivity index (χ2v) is 7.96. The maximum atomic E-state index is 14.0. The number of nitrogens with one attached hydrogen (secondary N) is 2. The maximum Gasteiger partial charge on any atom is 0.416 e. The Bertz CT molecular complexity index is 1120. The Balaban J connectivity index is 1.49. The molecule has 1 aromatic heterocycles. The van der Waals surface area contributed by atoms with Gasteiger partial charge in [-0.1, -0.05) is 23.9 Å². The van der Waals surface area contributed by atoms with Crippen LogP contribution in [-0.4, -0.2) is 16.8 Å². The van der Waals surface area contributed by atoms with E-state index < -0.39 is 22.8 Å². The molecule has 0 radical (unpaired) electrons. The van der Waals surface area contributed by atoms with Crippen LogP contribution in [0.15, 0.2) is 54.9 Å².